The van der Waals surface area contributed by atoms with E-state index in [1.54, 1.807) is 0 Å². The molecule has 0 nitrogen and oxygen atoms in total. The van der Waals surface area contributed by atoms with E-state index in [4.69, 9.17) is 0 Å². The Hall–Kier alpha value is 0.337. The van der Waals surface area contributed by atoms with Crippen LogP contribution in [0.2, 0.25) is 0 Å². The summed E-state index contributed by atoms with van der Waals surface area (Å²) >= 11 is 2.89. The first-order valence-electron chi connectivity index (χ1n) is 2.52. The molecule has 36 valence electrons. The Labute approximate surface area is 63.3 Å². The van der Waals surface area contributed by atoms with Gasteiger partial charge in [-0.1, -0.05) is 0 Å². The summed E-state index contributed by atoms with van der Waals surface area (Å²) in [7, 11) is 0. The molecule has 0 spiro atoms. The Bertz CT molecular complexity index is 150. The van der Waals surface area contributed by atoms with Gasteiger partial charge in [0.2, 0.25) is 0 Å². The summed E-state index contributed by atoms with van der Waals surface area (Å²) in [6, 6.07) is 10.6. The van der Waals surface area contributed by atoms with Crippen molar-refractivity contribution in [1.82, 2.24) is 0 Å². The summed E-state index contributed by atoms with van der Waals surface area (Å²) in [4.78, 5) is 0. The van der Waals surface area contributed by atoms with Crippen LogP contribution < -0.4 is 4.46 Å². The van der Waals surface area contributed by atoms with Gasteiger partial charge in [0.05, 0.1) is 0 Å². The molecule has 0 aliphatic rings. The molecule has 0 radical (unpaired) electrons. The zero-order valence-electron chi connectivity index (χ0n) is 4.79. The predicted molar refractivity (Wildman–Crippen MR) is 37.6 cm³/mol. The third-order valence-corrected chi connectivity index (χ3v) is 2.54. The van der Waals surface area contributed by atoms with E-state index in [-0.39, 0.29) is 0 Å². The van der Waals surface area contributed by atoms with Crippen LogP contribution in [-0.4, -0.2) is 28.5 Å². The van der Waals surface area contributed by atoms with Crippen LogP contribution >= 0.6 is 0 Å². The number of rotatable bonds is 1. The number of hydrogen-bond acceptors (Lipinski definition) is 0. The van der Waals surface area contributed by atoms with E-state index in [2.05, 4.69) is 46.1 Å². The van der Waals surface area contributed by atoms with Gasteiger partial charge in [-0.3, -0.25) is 0 Å². The standard InChI is InChI=1S/C6H6Se.Li/c7-6-4-2-1-3-5-6;/h1-5,7H;/q;+1/p-1. The Morgan fingerprint density at radius 1 is 1.12 bits per heavy atom. The molecular weight excluding hydrogens is 158 g/mol. The maximum atomic E-state index is 2.22. The molecule has 0 saturated carbocycles. The van der Waals surface area contributed by atoms with Crippen molar-refractivity contribution < 1.29 is 0 Å². The molecule has 0 amide bonds. The van der Waals surface area contributed by atoms with Gasteiger partial charge in [-0.2, -0.15) is 0 Å². The molecule has 0 N–H and O–H groups in total. The van der Waals surface area contributed by atoms with Crippen molar-refractivity contribution in [1.29, 1.82) is 0 Å². The predicted octanol–water partition coefficient (Wildman–Crippen LogP) is 0.0996. The van der Waals surface area contributed by atoms with Gasteiger partial charge < -0.3 is 0 Å². The fourth-order valence-electron chi connectivity index (χ4n) is 0.557. The maximum absolute atomic E-state index is 2.22. The Balaban J connectivity index is 2.83. The molecule has 0 heterocycles. The fourth-order valence-corrected chi connectivity index (χ4v) is 1.46. The molecule has 8 heavy (non-hydrogen) atoms. The molecule has 0 aliphatic heterocycles. The van der Waals surface area contributed by atoms with Crippen molar-refractivity contribution in [2.75, 3.05) is 0 Å². The summed E-state index contributed by atoms with van der Waals surface area (Å²) < 4.78 is 1.47. The van der Waals surface area contributed by atoms with Crippen LogP contribution in [0.1, 0.15) is 0 Å². The van der Waals surface area contributed by atoms with E-state index in [0.717, 1.165) is 0 Å². The molecule has 0 bridgehead atoms. The topological polar surface area (TPSA) is 0 Å². The second-order valence-corrected chi connectivity index (χ2v) is 3.36. The van der Waals surface area contributed by atoms with Crippen molar-refractivity contribution >= 4 is 33.0 Å². The first-order chi connectivity index (χ1) is 3.93. The number of hydrogen-bond donors (Lipinski definition) is 0. The van der Waals surface area contributed by atoms with Crippen molar-refractivity contribution in [2.45, 2.75) is 0 Å². The minimum absolute atomic E-state index is 0.668. The zero-order valence-corrected chi connectivity index (χ0v) is 6.51. The van der Waals surface area contributed by atoms with E-state index < -0.39 is 0 Å². The Morgan fingerprint density at radius 2 is 1.75 bits per heavy atom. The van der Waals surface area contributed by atoms with E-state index in [9.17, 15) is 0 Å². The van der Waals surface area contributed by atoms with Crippen LogP contribution in [-0.2, 0) is 0 Å². The molecule has 0 unspecified atom stereocenters. The Kier molecular flexibility index (Phi) is 2.73. The van der Waals surface area contributed by atoms with E-state index in [0.29, 0.717) is 12.8 Å². The van der Waals surface area contributed by atoms with Gasteiger partial charge in [0, 0.05) is 0 Å². The Morgan fingerprint density at radius 3 is 2.12 bits per heavy atom. The van der Waals surface area contributed by atoms with Crippen LogP contribution in [0.5, 0.6) is 0 Å². The fraction of sp³-hybridized carbons (Fsp3) is 0. The quantitative estimate of drug-likeness (QED) is 0.515. The van der Waals surface area contributed by atoms with Crippen molar-refractivity contribution in [3.05, 3.63) is 30.3 Å². The molecule has 0 fully saturated rings. The SMILES string of the molecule is [Li][Se]c1ccccc1. The zero-order chi connectivity index (χ0) is 5.82. The van der Waals surface area contributed by atoms with Gasteiger partial charge in [-0.05, 0) is 0 Å². The molecule has 1 rings (SSSR count). The van der Waals surface area contributed by atoms with Gasteiger partial charge in [-0.25, -0.2) is 0 Å². The van der Waals surface area contributed by atoms with Gasteiger partial charge in [0.1, 0.15) is 0 Å². The first kappa shape index (κ1) is 6.46. The van der Waals surface area contributed by atoms with Crippen LogP contribution in [0.4, 0.5) is 0 Å². The van der Waals surface area contributed by atoms with E-state index in [1.807, 2.05) is 0 Å². The summed E-state index contributed by atoms with van der Waals surface area (Å²) in [6.45, 7) is 0. The molecule has 1 aromatic rings. The molecule has 2 heteroatoms. The third kappa shape index (κ3) is 1.69. The summed E-state index contributed by atoms with van der Waals surface area (Å²) in [6.07, 6.45) is 0. The van der Waals surface area contributed by atoms with Crippen LogP contribution in [0.25, 0.3) is 0 Å². The molecule has 0 saturated heterocycles. The van der Waals surface area contributed by atoms with Crippen LogP contribution in [0.3, 0.4) is 0 Å². The van der Waals surface area contributed by atoms with E-state index >= 15 is 0 Å². The average Bonchev–Trinajstić information content (AvgIpc) is 1.90. The van der Waals surface area contributed by atoms with E-state index in [1.165, 1.54) is 4.46 Å². The summed E-state index contributed by atoms with van der Waals surface area (Å²) in [5, 5.41) is 0. The summed E-state index contributed by atoms with van der Waals surface area (Å²) in [5.41, 5.74) is 0. The second-order valence-electron chi connectivity index (χ2n) is 1.52. The van der Waals surface area contributed by atoms with Gasteiger partial charge in [0.15, 0.2) is 0 Å². The minimum atomic E-state index is 0.668. The van der Waals surface area contributed by atoms with Crippen molar-refractivity contribution in [3.63, 3.8) is 0 Å². The van der Waals surface area contributed by atoms with Gasteiger partial charge in [0.25, 0.3) is 0 Å². The van der Waals surface area contributed by atoms with Crippen molar-refractivity contribution in [2.24, 2.45) is 0 Å². The third-order valence-electron chi connectivity index (χ3n) is 0.979. The summed E-state index contributed by atoms with van der Waals surface area (Å²) in [5.74, 6) is 0. The van der Waals surface area contributed by atoms with Crippen molar-refractivity contribution in [3.8, 4) is 0 Å². The van der Waals surface area contributed by atoms with Gasteiger partial charge >= 0.3 is 63.3 Å². The molecule has 0 aromatic heterocycles. The monoisotopic (exact) mass is 164 g/mol. The number of benzene rings is 1. The average molecular weight is 163 g/mol. The normalized spacial score (nSPS) is 9.25. The molecule has 1 aromatic carbocycles. The first-order valence-corrected chi connectivity index (χ1v) is 5.09. The molecular formula is C6H5LiSe. The molecule has 0 atom stereocenters. The van der Waals surface area contributed by atoms with Crippen LogP contribution in [0.15, 0.2) is 30.3 Å². The molecule has 0 aliphatic carbocycles. The van der Waals surface area contributed by atoms with Crippen LogP contribution in [0, 0.1) is 0 Å². The second kappa shape index (κ2) is 3.38. The van der Waals surface area contributed by atoms with Gasteiger partial charge in [-0.15, -0.1) is 0 Å².